The highest BCUT2D eigenvalue weighted by molar-refractivity contribution is 9.10. The van der Waals surface area contributed by atoms with Crippen molar-refractivity contribution in [2.45, 2.75) is 12.0 Å². The lowest BCUT2D eigenvalue weighted by Crippen LogP contribution is -2.33. The fraction of sp³-hybridized carbons (Fsp3) is 0.172. The van der Waals surface area contributed by atoms with Crippen molar-refractivity contribution in [3.8, 4) is 11.5 Å². The van der Waals surface area contributed by atoms with E-state index in [0.29, 0.717) is 6.61 Å². The van der Waals surface area contributed by atoms with Gasteiger partial charge < -0.3 is 14.2 Å². The summed E-state index contributed by atoms with van der Waals surface area (Å²) in [4.78, 5) is 0. The van der Waals surface area contributed by atoms with E-state index in [1.54, 1.807) is 14.2 Å². The third kappa shape index (κ3) is 5.13. The lowest BCUT2D eigenvalue weighted by atomic mass is 9.80. The molecule has 4 aromatic carbocycles. The molecule has 4 aromatic rings. The molecule has 0 unspecified atom stereocenters. The lowest BCUT2D eigenvalue weighted by molar-refractivity contribution is 0.0147. The minimum absolute atomic E-state index is 0.550. The summed E-state index contributed by atoms with van der Waals surface area (Å²) in [6, 6.07) is 35.0. The second-order valence-corrected chi connectivity index (χ2v) is 8.64. The molecule has 0 aliphatic rings. The molecule has 0 aliphatic heterocycles. The highest BCUT2D eigenvalue weighted by Gasteiger charge is 2.37. The first kappa shape index (κ1) is 23.1. The monoisotopic (exact) mass is 502 g/mol. The van der Waals surface area contributed by atoms with Gasteiger partial charge in [-0.15, -0.1) is 0 Å². The van der Waals surface area contributed by atoms with Crippen LogP contribution in [0.25, 0.3) is 0 Å². The van der Waals surface area contributed by atoms with Crippen LogP contribution in [0.2, 0.25) is 0 Å². The number of rotatable bonds is 9. The largest absolute Gasteiger partial charge is 0.497 e. The van der Waals surface area contributed by atoms with Crippen LogP contribution in [0.15, 0.2) is 108 Å². The normalized spacial score (nSPS) is 11.2. The molecule has 4 heteroatoms. The molecule has 0 bridgehead atoms. The van der Waals surface area contributed by atoms with E-state index in [1.807, 2.05) is 30.3 Å². The Balaban J connectivity index is 1.79. The average Bonchev–Trinajstić information content (AvgIpc) is 2.89. The summed E-state index contributed by atoms with van der Waals surface area (Å²) in [5.41, 5.74) is 3.58. The van der Waals surface area contributed by atoms with Crippen molar-refractivity contribution < 1.29 is 14.2 Å². The van der Waals surface area contributed by atoms with Gasteiger partial charge in [0.05, 0.1) is 20.8 Å². The summed E-state index contributed by atoms with van der Waals surface area (Å²) in [6.45, 7) is 0.550. The smallest absolute Gasteiger partial charge is 0.143 e. The van der Waals surface area contributed by atoms with Gasteiger partial charge in [-0.25, -0.2) is 0 Å². The number of ether oxygens (including phenoxy) is 3. The van der Waals surface area contributed by atoms with Gasteiger partial charge in [-0.2, -0.15) is 0 Å². The average molecular weight is 503 g/mol. The van der Waals surface area contributed by atoms with Gasteiger partial charge in [0.15, 0.2) is 0 Å². The molecule has 0 fully saturated rings. The Hall–Kier alpha value is -3.08. The summed E-state index contributed by atoms with van der Waals surface area (Å²) in [6.07, 6.45) is 0.800. The van der Waals surface area contributed by atoms with E-state index < -0.39 is 5.60 Å². The zero-order valence-electron chi connectivity index (χ0n) is 18.8. The van der Waals surface area contributed by atoms with Gasteiger partial charge in [0.25, 0.3) is 0 Å². The summed E-state index contributed by atoms with van der Waals surface area (Å²) in [7, 11) is 3.36. The van der Waals surface area contributed by atoms with Gasteiger partial charge in [-0.1, -0.05) is 82.7 Å². The Bertz CT molecular complexity index is 1090. The Kier molecular flexibility index (Phi) is 7.48. The zero-order valence-corrected chi connectivity index (χ0v) is 20.4. The maximum atomic E-state index is 6.88. The fourth-order valence-electron chi connectivity index (χ4n) is 4.05. The highest BCUT2D eigenvalue weighted by Crippen LogP contribution is 2.41. The van der Waals surface area contributed by atoms with Crippen molar-refractivity contribution >= 4 is 15.9 Å². The second-order valence-electron chi connectivity index (χ2n) is 7.73. The van der Waals surface area contributed by atoms with Gasteiger partial charge in [0.2, 0.25) is 0 Å². The molecule has 0 aliphatic carbocycles. The van der Waals surface area contributed by atoms with Crippen molar-refractivity contribution in [1.29, 1.82) is 0 Å². The molecular formula is C29H27BrO3. The predicted octanol–water partition coefficient (Wildman–Crippen LogP) is 7.02. The SMILES string of the molecule is COc1ccc(C(OCCc2ccc(Br)cc2)(c2ccccc2)c2ccc(OC)cc2)cc1. The summed E-state index contributed by atoms with van der Waals surface area (Å²) < 4.78 is 18.8. The number of hydrogen-bond donors (Lipinski definition) is 0. The van der Waals surface area contributed by atoms with Crippen LogP contribution in [0.3, 0.4) is 0 Å². The van der Waals surface area contributed by atoms with Crippen molar-refractivity contribution in [3.63, 3.8) is 0 Å². The van der Waals surface area contributed by atoms with Crippen LogP contribution in [0.1, 0.15) is 22.3 Å². The van der Waals surface area contributed by atoms with E-state index in [1.165, 1.54) is 5.56 Å². The summed E-state index contributed by atoms with van der Waals surface area (Å²) in [5, 5.41) is 0. The first-order chi connectivity index (χ1) is 16.2. The lowest BCUT2D eigenvalue weighted by Gasteiger charge is -2.36. The molecule has 33 heavy (non-hydrogen) atoms. The summed E-state index contributed by atoms with van der Waals surface area (Å²) in [5.74, 6) is 1.62. The first-order valence-electron chi connectivity index (χ1n) is 10.9. The Morgan fingerprint density at radius 2 is 1.09 bits per heavy atom. The van der Waals surface area contributed by atoms with Crippen LogP contribution in [0, 0.1) is 0 Å². The number of benzene rings is 4. The minimum atomic E-state index is -0.783. The highest BCUT2D eigenvalue weighted by atomic mass is 79.9. The van der Waals surface area contributed by atoms with Gasteiger partial charge in [0.1, 0.15) is 17.1 Å². The molecule has 4 rings (SSSR count). The van der Waals surface area contributed by atoms with Gasteiger partial charge in [-0.05, 0) is 65.1 Å². The third-order valence-corrected chi connectivity index (χ3v) is 6.32. The van der Waals surface area contributed by atoms with Crippen molar-refractivity contribution in [1.82, 2.24) is 0 Å². The molecule has 0 heterocycles. The van der Waals surface area contributed by atoms with Crippen LogP contribution in [-0.2, 0) is 16.8 Å². The number of methoxy groups -OCH3 is 2. The van der Waals surface area contributed by atoms with Gasteiger partial charge >= 0.3 is 0 Å². The van der Waals surface area contributed by atoms with E-state index in [4.69, 9.17) is 14.2 Å². The molecule has 0 saturated heterocycles. The third-order valence-electron chi connectivity index (χ3n) is 5.80. The molecule has 168 valence electrons. The standard InChI is InChI=1S/C29H27BrO3/c1-31-27-16-10-24(11-17-27)29(23-6-4-3-5-7-23,25-12-18-28(32-2)19-13-25)33-21-20-22-8-14-26(30)15-9-22/h3-19H,20-21H2,1-2H3. The van der Waals surface area contributed by atoms with Crippen LogP contribution in [0.4, 0.5) is 0 Å². The van der Waals surface area contributed by atoms with Gasteiger partial charge in [0, 0.05) is 4.47 Å². The maximum absolute atomic E-state index is 6.88. The van der Waals surface area contributed by atoms with Crippen LogP contribution < -0.4 is 9.47 Å². The molecular weight excluding hydrogens is 476 g/mol. The van der Waals surface area contributed by atoms with E-state index >= 15 is 0 Å². The molecule has 0 atom stereocenters. The first-order valence-corrected chi connectivity index (χ1v) is 11.7. The van der Waals surface area contributed by atoms with E-state index in [-0.39, 0.29) is 0 Å². The van der Waals surface area contributed by atoms with Crippen molar-refractivity contribution in [3.05, 3.63) is 130 Å². The fourth-order valence-corrected chi connectivity index (χ4v) is 4.31. The molecule has 0 radical (unpaired) electrons. The maximum Gasteiger partial charge on any atom is 0.143 e. The van der Waals surface area contributed by atoms with Crippen molar-refractivity contribution in [2.24, 2.45) is 0 Å². The van der Waals surface area contributed by atoms with Crippen molar-refractivity contribution in [2.75, 3.05) is 20.8 Å². The number of hydrogen-bond acceptors (Lipinski definition) is 3. The molecule has 0 N–H and O–H groups in total. The van der Waals surface area contributed by atoms with Crippen LogP contribution in [-0.4, -0.2) is 20.8 Å². The van der Waals surface area contributed by atoms with E-state index in [0.717, 1.165) is 39.1 Å². The Morgan fingerprint density at radius 1 is 0.606 bits per heavy atom. The quantitative estimate of drug-likeness (QED) is 0.230. The van der Waals surface area contributed by atoms with E-state index in [2.05, 4.69) is 88.7 Å². The minimum Gasteiger partial charge on any atom is -0.497 e. The molecule has 0 saturated carbocycles. The van der Waals surface area contributed by atoms with Crippen LogP contribution in [0.5, 0.6) is 11.5 Å². The predicted molar refractivity (Wildman–Crippen MR) is 136 cm³/mol. The Morgan fingerprint density at radius 3 is 1.58 bits per heavy atom. The molecule has 0 aromatic heterocycles. The Labute approximate surface area is 204 Å². The molecule has 0 amide bonds. The van der Waals surface area contributed by atoms with Crippen LogP contribution >= 0.6 is 15.9 Å². The topological polar surface area (TPSA) is 27.7 Å². The number of halogens is 1. The van der Waals surface area contributed by atoms with Gasteiger partial charge in [-0.3, -0.25) is 0 Å². The second kappa shape index (κ2) is 10.7. The summed E-state index contributed by atoms with van der Waals surface area (Å²) >= 11 is 3.51. The molecule has 3 nitrogen and oxygen atoms in total. The van der Waals surface area contributed by atoms with E-state index in [9.17, 15) is 0 Å². The molecule has 0 spiro atoms. The zero-order chi connectivity index (χ0) is 23.1.